The minimum atomic E-state index is -0.275. The van der Waals surface area contributed by atoms with Gasteiger partial charge in [0.25, 0.3) is 0 Å². The number of ether oxygens (including phenoxy) is 2. The van der Waals surface area contributed by atoms with Crippen molar-refractivity contribution in [2.75, 3.05) is 6.61 Å². The molecule has 1 aliphatic rings. The zero-order chi connectivity index (χ0) is 9.80. The van der Waals surface area contributed by atoms with Crippen LogP contribution in [0.15, 0.2) is 48.7 Å². The summed E-state index contributed by atoms with van der Waals surface area (Å²) < 4.78 is 10.6. The number of benzene rings is 1. The van der Waals surface area contributed by atoms with Crippen molar-refractivity contribution in [2.24, 2.45) is 0 Å². The molecule has 0 aliphatic carbocycles. The van der Waals surface area contributed by atoms with Crippen molar-refractivity contribution in [3.05, 3.63) is 54.3 Å². The second kappa shape index (κ2) is 4.11. The summed E-state index contributed by atoms with van der Waals surface area (Å²) in [5.74, 6) is 0.688. The third-order valence-corrected chi connectivity index (χ3v) is 1.94. The van der Waals surface area contributed by atoms with Crippen molar-refractivity contribution in [3.63, 3.8) is 0 Å². The molecule has 1 aromatic carbocycles. The van der Waals surface area contributed by atoms with Gasteiger partial charge in [-0.25, -0.2) is 0 Å². The fraction of sp³-hybridized carbons (Fsp3) is 0.167. The highest BCUT2D eigenvalue weighted by atomic mass is 16.7. The number of hydrogen-bond donors (Lipinski definition) is 0. The van der Waals surface area contributed by atoms with Crippen molar-refractivity contribution < 1.29 is 9.47 Å². The summed E-state index contributed by atoms with van der Waals surface area (Å²) in [6.07, 6.45) is 3.58. The van der Waals surface area contributed by atoms with Crippen LogP contribution in [0, 0.1) is 0 Å². The van der Waals surface area contributed by atoms with Gasteiger partial charge in [-0.3, -0.25) is 0 Å². The lowest BCUT2D eigenvalue weighted by Crippen LogP contribution is -2.01. The van der Waals surface area contributed by atoms with E-state index in [2.05, 4.69) is 6.58 Å². The first-order valence-corrected chi connectivity index (χ1v) is 4.54. The van der Waals surface area contributed by atoms with Crippen LogP contribution in [0.3, 0.4) is 0 Å². The first-order chi connectivity index (χ1) is 6.84. The molecule has 1 saturated heterocycles. The lowest BCUT2D eigenvalue weighted by atomic mass is 10.2. The average Bonchev–Trinajstić information content (AvgIpc) is 2.63. The molecule has 72 valence electrons. The lowest BCUT2D eigenvalue weighted by Gasteiger charge is -2.02. The molecule has 0 amide bonds. The third-order valence-electron chi connectivity index (χ3n) is 1.94. The van der Waals surface area contributed by atoms with E-state index in [1.54, 1.807) is 0 Å². The van der Waals surface area contributed by atoms with Crippen LogP contribution in [0.25, 0.3) is 6.08 Å². The second-order valence-electron chi connectivity index (χ2n) is 3.11. The van der Waals surface area contributed by atoms with Gasteiger partial charge in [-0.2, -0.15) is 0 Å². The van der Waals surface area contributed by atoms with E-state index >= 15 is 0 Å². The van der Waals surface area contributed by atoms with Gasteiger partial charge >= 0.3 is 0 Å². The molecule has 0 saturated carbocycles. The molecular weight excluding hydrogens is 176 g/mol. The molecule has 0 N–H and O–H groups in total. The molecule has 1 aromatic rings. The summed E-state index contributed by atoms with van der Waals surface area (Å²) in [5.41, 5.74) is 1.14. The largest absolute Gasteiger partial charge is 0.464 e. The maximum atomic E-state index is 5.28. The van der Waals surface area contributed by atoms with Crippen LogP contribution in [0.4, 0.5) is 0 Å². The number of hydrogen-bond acceptors (Lipinski definition) is 2. The highest BCUT2D eigenvalue weighted by Crippen LogP contribution is 2.15. The second-order valence-corrected chi connectivity index (χ2v) is 3.11. The van der Waals surface area contributed by atoms with Crippen molar-refractivity contribution in [1.29, 1.82) is 0 Å². The molecular formula is C12H12O2. The Bertz CT molecular complexity index is 341. The van der Waals surface area contributed by atoms with E-state index in [-0.39, 0.29) is 6.29 Å². The SMILES string of the molecule is C=C1COC(C=Cc2ccccc2)O1. The Hall–Kier alpha value is -1.54. The quantitative estimate of drug-likeness (QED) is 0.710. The first-order valence-electron chi connectivity index (χ1n) is 4.54. The van der Waals surface area contributed by atoms with Gasteiger partial charge in [-0.05, 0) is 11.6 Å². The zero-order valence-corrected chi connectivity index (χ0v) is 7.85. The van der Waals surface area contributed by atoms with Crippen molar-refractivity contribution >= 4 is 6.08 Å². The summed E-state index contributed by atoms with van der Waals surface area (Å²) in [4.78, 5) is 0. The molecule has 1 heterocycles. The number of rotatable bonds is 2. The predicted molar refractivity (Wildman–Crippen MR) is 55.4 cm³/mol. The highest BCUT2D eigenvalue weighted by Gasteiger charge is 2.15. The average molecular weight is 188 g/mol. The minimum absolute atomic E-state index is 0.275. The van der Waals surface area contributed by atoms with Crippen molar-refractivity contribution in [3.8, 4) is 0 Å². The van der Waals surface area contributed by atoms with Crippen LogP contribution in [0.5, 0.6) is 0 Å². The Labute approximate surface area is 83.5 Å². The van der Waals surface area contributed by atoms with E-state index in [1.165, 1.54) is 0 Å². The normalized spacial score (nSPS) is 21.4. The van der Waals surface area contributed by atoms with Crippen LogP contribution in [-0.2, 0) is 9.47 Å². The fourth-order valence-electron chi connectivity index (χ4n) is 1.26. The molecule has 2 heteroatoms. The van der Waals surface area contributed by atoms with Crippen LogP contribution >= 0.6 is 0 Å². The van der Waals surface area contributed by atoms with Crippen LogP contribution in [-0.4, -0.2) is 12.9 Å². The van der Waals surface area contributed by atoms with Gasteiger partial charge in [0.05, 0.1) is 0 Å². The summed E-state index contributed by atoms with van der Waals surface area (Å²) in [7, 11) is 0. The van der Waals surface area contributed by atoms with Gasteiger partial charge in [0.1, 0.15) is 12.4 Å². The van der Waals surface area contributed by atoms with Crippen LogP contribution < -0.4 is 0 Å². The minimum Gasteiger partial charge on any atom is -0.464 e. The molecule has 1 fully saturated rings. The summed E-state index contributed by atoms with van der Waals surface area (Å²) in [6.45, 7) is 4.17. The Morgan fingerprint density at radius 3 is 2.71 bits per heavy atom. The smallest absolute Gasteiger partial charge is 0.220 e. The van der Waals surface area contributed by atoms with E-state index in [9.17, 15) is 0 Å². The van der Waals surface area contributed by atoms with Crippen molar-refractivity contribution in [2.45, 2.75) is 6.29 Å². The third kappa shape index (κ3) is 2.24. The topological polar surface area (TPSA) is 18.5 Å². The molecule has 1 aliphatic heterocycles. The lowest BCUT2D eigenvalue weighted by molar-refractivity contribution is 0.00960. The Balaban J connectivity index is 1.97. The predicted octanol–water partition coefficient (Wildman–Crippen LogP) is 2.59. The van der Waals surface area contributed by atoms with Crippen LogP contribution in [0.2, 0.25) is 0 Å². The molecule has 1 unspecified atom stereocenters. The van der Waals surface area contributed by atoms with Gasteiger partial charge in [0.2, 0.25) is 6.29 Å². The van der Waals surface area contributed by atoms with E-state index < -0.39 is 0 Å². The zero-order valence-electron chi connectivity index (χ0n) is 7.85. The molecule has 1 atom stereocenters. The monoisotopic (exact) mass is 188 g/mol. The van der Waals surface area contributed by atoms with Crippen molar-refractivity contribution in [1.82, 2.24) is 0 Å². The summed E-state index contributed by atoms with van der Waals surface area (Å²) in [5, 5.41) is 0. The molecule has 14 heavy (non-hydrogen) atoms. The van der Waals surface area contributed by atoms with Gasteiger partial charge in [-0.1, -0.05) is 43.0 Å². The highest BCUT2D eigenvalue weighted by molar-refractivity contribution is 5.49. The Kier molecular flexibility index (Phi) is 2.65. The molecule has 2 nitrogen and oxygen atoms in total. The Morgan fingerprint density at radius 2 is 2.07 bits per heavy atom. The molecule has 0 radical (unpaired) electrons. The Morgan fingerprint density at radius 1 is 1.29 bits per heavy atom. The van der Waals surface area contributed by atoms with E-state index in [4.69, 9.17) is 9.47 Å². The van der Waals surface area contributed by atoms with Gasteiger partial charge in [0.15, 0.2) is 0 Å². The maximum Gasteiger partial charge on any atom is 0.220 e. The maximum absolute atomic E-state index is 5.28. The van der Waals surface area contributed by atoms with Gasteiger partial charge in [0, 0.05) is 0 Å². The van der Waals surface area contributed by atoms with E-state index in [0.29, 0.717) is 12.4 Å². The fourth-order valence-corrected chi connectivity index (χ4v) is 1.26. The van der Waals surface area contributed by atoms with Gasteiger partial charge in [-0.15, -0.1) is 0 Å². The molecule has 0 bridgehead atoms. The summed E-state index contributed by atoms with van der Waals surface area (Å²) in [6, 6.07) is 10.0. The summed E-state index contributed by atoms with van der Waals surface area (Å²) >= 11 is 0. The van der Waals surface area contributed by atoms with Gasteiger partial charge < -0.3 is 9.47 Å². The molecule has 0 spiro atoms. The van der Waals surface area contributed by atoms with Crippen LogP contribution in [0.1, 0.15) is 5.56 Å². The van der Waals surface area contributed by atoms with E-state index in [1.807, 2.05) is 42.5 Å². The molecule has 2 rings (SSSR count). The van der Waals surface area contributed by atoms with E-state index in [0.717, 1.165) is 5.56 Å². The first kappa shape index (κ1) is 9.03. The standard InChI is InChI=1S/C12H12O2/c1-10-9-13-12(14-10)8-7-11-5-3-2-4-6-11/h2-8,12H,1,9H2. The molecule has 0 aromatic heterocycles.